The minimum absolute atomic E-state index is 0.137. The zero-order valence-electron chi connectivity index (χ0n) is 11.5. The van der Waals surface area contributed by atoms with Gasteiger partial charge in [0, 0.05) is 34.5 Å². The first-order valence-electron chi connectivity index (χ1n) is 6.35. The van der Waals surface area contributed by atoms with Crippen molar-refractivity contribution in [3.63, 3.8) is 0 Å². The number of rotatable bonds is 6. The maximum atomic E-state index is 11.9. The number of thioether (sulfide) groups is 1. The number of aromatic nitrogens is 1. The molecule has 0 fully saturated rings. The molecule has 0 aliphatic heterocycles. The van der Waals surface area contributed by atoms with Crippen LogP contribution in [0.4, 0.5) is 0 Å². The molecule has 1 N–H and O–H groups in total. The van der Waals surface area contributed by atoms with Crippen LogP contribution in [0.5, 0.6) is 5.88 Å². The van der Waals surface area contributed by atoms with Crippen LogP contribution in [0.2, 0.25) is 5.02 Å². The van der Waals surface area contributed by atoms with E-state index in [1.165, 1.54) is 13.3 Å². The van der Waals surface area contributed by atoms with Gasteiger partial charge >= 0.3 is 0 Å². The van der Waals surface area contributed by atoms with Crippen molar-refractivity contribution in [1.82, 2.24) is 10.3 Å². The number of ether oxygens (including phenoxy) is 1. The summed E-state index contributed by atoms with van der Waals surface area (Å²) in [5.74, 6) is 1.14. The Morgan fingerprint density at radius 2 is 2.05 bits per heavy atom. The summed E-state index contributed by atoms with van der Waals surface area (Å²) in [5.41, 5.74) is 0.521. The van der Waals surface area contributed by atoms with Crippen LogP contribution in [-0.2, 0) is 0 Å². The lowest BCUT2D eigenvalue weighted by atomic mass is 10.2. The summed E-state index contributed by atoms with van der Waals surface area (Å²) in [6, 6.07) is 11.0. The van der Waals surface area contributed by atoms with E-state index in [1.807, 2.05) is 24.3 Å². The first kappa shape index (κ1) is 15.7. The second kappa shape index (κ2) is 7.90. The topological polar surface area (TPSA) is 51.2 Å². The SMILES string of the molecule is COc1ccc(C(=O)NCCSc2ccc(Cl)cc2)cn1. The minimum atomic E-state index is -0.137. The average molecular weight is 323 g/mol. The molecular formula is C15H15ClN2O2S. The molecule has 1 aromatic carbocycles. The molecule has 2 aromatic rings. The van der Waals surface area contributed by atoms with Gasteiger partial charge in [-0.1, -0.05) is 11.6 Å². The van der Waals surface area contributed by atoms with Crippen LogP contribution in [0.3, 0.4) is 0 Å². The Kier molecular flexibility index (Phi) is 5.90. The third-order valence-electron chi connectivity index (χ3n) is 2.68. The smallest absolute Gasteiger partial charge is 0.252 e. The zero-order chi connectivity index (χ0) is 15.1. The van der Waals surface area contributed by atoms with Crippen LogP contribution in [-0.4, -0.2) is 30.3 Å². The van der Waals surface area contributed by atoms with Crippen molar-refractivity contribution in [3.8, 4) is 5.88 Å². The number of nitrogens with zero attached hydrogens (tertiary/aromatic N) is 1. The van der Waals surface area contributed by atoms with Crippen LogP contribution in [0.1, 0.15) is 10.4 Å². The molecule has 4 nitrogen and oxygen atoms in total. The van der Waals surface area contributed by atoms with E-state index in [4.69, 9.17) is 16.3 Å². The highest BCUT2D eigenvalue weighted by Gasteiger charge is 2.05. The Bertz CT molecular complexity index is 588. The molecule has 0 spiro atoms. The molecular weight excluding hydrogens is 308 g/mol. The van der Waals surface area contributed by atoms with Gasteiger partial charge in [-0.3, -0.25) is 4.79 Å². The van der Waals surface area contributed by atoms with Crippen LogP contribution in [0, 0.1) is 0 Å². The largest absolute Gasteiger partial charge is 0.481 e. The van der Waals surface area contributed by atoms with Gasteiger partial charge in [-0.05, 0) is 30.3 Å². The third kappa shape index (κ3) is 4.95. The Labute approximate surface area is 132 Å². The van der Waals surface area contributed by atoms with Crippen molar-refractivity contribution in [2.45, 2.75) is 4.90 Å². The van der Waals surface area contributed by atoms with E-state index in [0.717, 1.165) is 15.7 Å². The van der Waals surface area contributed by atoms with E-state index in [0.29, 0.717) is 18.0 Å². The molecule has 0 aliphatic rings. The molecule has 1 aromatic heterocycles. The number of hydrogen-bond acceptors (Lipinski definition) is 4. The molecule has 0 unspecified atom stereocenters. The fourth-order valence-corrected chi connectivity index (χ4v) is 2.50. The molecule has 6 heteroatoms. The quantitative estimate of drug-likeness (QED) is 0.655. The third-order valence-corrected chi connectivity index (χ3v) is 3.94. The first-order chi connectivity index (χ1) is 10.2. The number of carbonyl (C=O) groups excluding carboxylic acids is 1. The normalized spacial score (nSPS) is 10.2. The van der Waals surface area contributed by atoms with Crippen LogP contribution in [0.15, 0.2) is 47.5 Å². The van der Waals surface area contributed by atoms with Gasteiger partial charge in [0.25, 0.3) is 5.91 Å². The van der Waals surface area contributed by atoms with E-state index < -0.39 is 0 Å². The summed E-state index contributed by atoms with van der Waals surface area (Å²) < 4.78 is 4.95. The van der Waals surface area contributed by atoms with Crippen molar-refractivity contribution in [1.29, 1.82) is 0 Å². The fourth-order valence-electron chi connectivity index (χ4n) is 1.60. The van der Waals surface area contributed by atoms with Gasteiger partial charge in [0.15, 0.2) is 0 Å². The predicted octanol–water partition coefficient (Wildman–Crippen LogP) is 3.27. The fraction of sp³-hybridized carbons (Fsp3) is 0.200. The van der Waals surface area contributed by atoms with Crippen molar-refractivity contribution < 1.29 is 9.53 Å². The molecule has 1 heterocycles. The summed E-state index contributed by atoms with van der Waals surface area (Å²) in [7, 11) is 1.54. The van der Waals surface area contributed by atoms with E-state index in [2.05, 4.69) is 10.3 Å². The van der Waals surface area contributed by atoms with Crippen molar-refractivity contribution >= 4 is 29.3 Å². The highest BCUT2D eigenvalue weighted by Crippen LogP contribution is 2.19. The molecule has 0 saturated carbocycles. The second-order valence-electron chi connectivity index (χ2n) is 4.15. The van der Waals surface area contributed by atoms with E-state index in [9.17, 15) is 4.79 Å². The van der Waals surface area contributed by atoms with Gasteiger partial charge in [0.2, 0.25) is 5.88 Å². The summed E-state index contributed by atoms with van der Waals surface area (Å²) in [6.07, 6.45) is 1.50. The lowest BCUT2D eigenvalue weighted by Gasteiger charge is -2.06. The molecule has 0 bridgehead atoms. The summed E-state index contributed by atoms with van der Waals surface area (Å²) in [4.78, 5) is 17.0. The van der Waals surface area contributed by atoms with Gasteiger partial charge in [-0.25, -0.2) is 4.98 Å². The molecule has 0 aliphatic carbocycles. The lowest BCUT2D eigenvalue weighted by Crippen LogP contribution is -2.25. The lowest BCUT2D eigenvalue weighted by molar-refractivity contribution is 0.0955. The van der Waals surface area contributed by atoms with Crippen LogP contribution < -0.4 is 10.1 Å². The molecule has 2 rings (SSSR count). The van der Waals surface area contributed by atoms with Crippen LogP contribution >= 0.6 is 23.4 Å². The molecule has 0 saturated heterocycles. The molecule has 0 atom stereocenters. The number of pyridine rings is 1. The maximum Gasteiger partial charge on any atom is 0.252 e. The zero-order valence-corrected chi connectivity index (χ0v) is 13.1. The number of carbonyl (C=O) groups is 1. The predicted molar refractivity (Wildman–Crippen MR) is 85.3 cm³/mol. The maximum absolute atomic E-state index is 11.9. The molecule has 110 valence electrons. The van der Waals surface area contributed by atoms with Gasteiger partial charge in [0.1, 0.15) is 0 Å². The van der Waals surface area contributed by atoms with Gasteiger partial charge in [-0.15, -0.1) is 11.8 Å². The van der Waals surface area contributed by atoms with Crippen molar-refractivity contribution in [3.05, 3.63) is 53.2 Å². The Hall–Kier alpha value is -1.72. The highest BCUT2D eigenvalue weighted by atomic mass is 35.5. The number of nitrogens with one attached hydrogen (secondary N) is 1. The van der Waals surface area contributed by atoms with Crippen molar-refractivity contribution in [2.75, 3.05) is 19.4 Å². The summed E-state index contributed by atoms with van der Waals surface area (Å²) in [5, 5.41) is 3.57. The van der Waals surface area contributed by atoms with Gasteiger partial charge < -0.3 is 10.1 Å². The van der Waals surface area contributed by atoms with E-state index in [-0.39, 0.29) is 5.91 Å². The standard InChI is InChI=1S/C15H15ClN2O2S/c1-20-14-7-2-11(10-18-14)15(19)17-8-9-21-13-5-3-12(16)4-6-13/h2-7,10H,8-9H2,1H3,(H,17,19). The molecule has 0 radical (unpaired) electrons. The average Bonchev–Trinajstić information content (AvgIpc) is 2.53. The molecule has 1 amide bonds. The second-order valence-corrected chi connectivity index (χ2v) is 5.75. The highest BCUT2D eigenvalue weighted by molar-refractivity contribution is 7.99. The first-order valence-corrected chi connectivity index (χ1v) is 7.72. The van der Waals surface area contributed by atoms with Gasteiger partial charge in [-0.2, -0.15) is 0 Å². The Morgan fingerprint density at radius 3 is 2.67 bits per heavy atom. The van der Waals surface area contributed by atoms with Crippen LogP contribution in [0.25, 0.3) is 0 Å². The summed E-state index contributed by atoms with van der Waals surface area (Å²) >= 11 is 7.49. The minimum Gasteiger partial charge on any atom is -0.481 e. The summed E-state index contributed by atoms with van der Waals surface area (Å²) in [6.45, 7) is 0.582. The monoisotopic (exact) mass is 322 g/mol. The number of halogens is 1. The van der Waals surface area contributed by atoms with Gasteiger partial charge in [0.05, 0.1) is 12.7 Å². The number of benzene rings is 1. The number of amides is 1. The number of hydrogen-bond donors (Lipinski definition) is 1. The van der Waals surface area contributed by atoms with Crippen molar-refractivity contribution in [2.24, 2.45) is 0 Å². The Balaban J connectivity index is 1.74. The number of methoxy groups -OCH3 is 1. The Morgan fingerprint density at radius 1 is 1.29 bits per heavy atom. The molecule has 21 heavy (non-hydrogen) atoms. The van der Waals surface area contributed by atoms with E-state index >= 15 is 0 Å². The van der Waals surface area contributed by atoms with E-state index in [1.54, 1.807) is 23.9 Å².